The number of fused-ring (bicyclic) bond motifs is 1. The van der Waals surface area contributed by atoms with Gasteiger partial charge < -0.3 is 9.30 Å². The summed E-state index contributed by atoms with van der Waals surface area (Å²) in [5, 5.41) is 9.00. The molecule has 4 rings (SSSR count). The summed E-state index contributed by atoms with van der Waals surface area (Å²) in [5.74, 6) is 0.0827. The molecular formula is C27H24N4O3. The third kappa shape index (κ3) is 4.81. The Morgan fingerprint density at radius 1 is 1.06 bits per heavy atom. The number of carbonyl (C=O) groups excluding carboxylic acids is 2. The van der Waals surface area contributed by atoms with Gasteiger partial charge in [0.1, 0.15) is 12.4 Å². The minimum Gasteiger partial charge on any atom is -0.465 e. The summed E-state index contributed by atoms with van der Waals surface area (Å²) in [5.41, 5.74) is 4.34. The van der Waals surface area contributed by atoms with Gasteiger partial charge in [0.2, 0.25) is 0 Å². The van der Waals surface area contributed by atoms with Crippen molar-refractivity contribution in [1.82, 2.24) is 9.55 Å². The Bertz CT molecular complexity index is 1370. The Morgan fingerprint density at radius 3 is 2.47 bits per heavy atom. The fourth-order valence-electron chi connectivity index (χ4n) is 3.80. The van der Waals surface area contributed by atoms with E-state index in [0.29, 0.717) is 23.2 Å². The molecule has 170 valence electrons. The van der Waals surface area contributed by atoms with E-state index in [2.05, 4.69) is 6.07 Å². The monoisotopic (exact) mass is 452 g/mol. The van der Waals surface area contributed by atoms with E-state index in [9.17, 15) is 9.59 Å². The van der Waals surface area contributed by atoms with Gasteiger partial charge in [-0.3, -0.25) is 14.5 Å². The minimum absolute atomic E-state index is 0.196. The first-order chi connectivity index (χ1) is 16.5. The number of anilines is 1. The lowest BCUT2D eigenvalue weighted by Gasteiger charge is -2.22. The fourth-order valence-corrected chi connectivity index (χ4v) is 3.80. The molecule has 34 heavy (non-hydrogen) atoms. The molecule has 0 aliphatic rings. The van der Waals surface area contributed by atoms with Gasteiger partial charge in [0.05, 0.1) is 29.3 Å². The summed E-state index contributed by atoms with van der Waals surface area (Å²) in [6, 6.07) is 23.9. The van der Waals surface area contributed by atoms with Gasteiger partial charge in [-0.15, -0.1) is 0 Å². The maximum absolute atomic E-state index is 13.3. The Kier molecular flexibility index (Phi) is 6.69. The molecule has 7 heteroatoms. The molecule has 1 heterocycles. The van der Waals surface area contributed by atoms with Gasteiger partial charge in [-0.1, -0.05) is 30.3 Å². The van der Waals surface area contributed by atoms with Crippen LogP contribution in [0.1, 0.15) is 34.2 Å². The number of hydrogen-bond acceptors (Lipinski definition) is 5. The molecule has 0 aliphatic carbocycles. The standard InChI is InChI=1S/C27H24N4O3/c1-3-34-26(32)18-31(27(33)21-7-5-4-6-8-21)22-13-14-24-23(16-22)29-25(30(24)2)15-19-9-11-20(17-28)12-10-19/h4-14,16H,3,15,18H2,1-2H3. The molecule has 4 aromatic rings. The van der Waals surface area contributed by atoms with Crippen LogP contribution in [0.4, 0.5) is 5.69 Å². The second kappa shape index (κ2) is 10.0. The molecule has 3 aromatic carbocycles. The number of nitriles is 1. The van der Waals surface area contributed by atoms with Gasteiger partial charge >= 0.3 is 5.97 Å². The van der Waals surface area contributed by atoms with E-state index >= 15 is 0 Å². The van der Waals surface area contributed by atoms with Crippen molar-refractivity contribution >= 4 is 28.6 Å². The molecule has 0 saturated heterocycles. The highest BCUT2D eigenvalue weighted by Gasteiger charge is 2.22. The van der Waals surface area contributed by atoms with Gasteiger partial charge in [-0.2, -0.15) is 5.26 Å². The van der Waals surface area contributed by atoms with Crippen molar-refractivity contribution in [3.8, 4) is 6.07 Å². The summed E-state index contributed by atoms with van der Waals surface area (Å²) < 4.78 is 7.11. The van der Waals surface area contributed by atoms with E-state index in [1.54, 1.807) is 43.3 Å². The Labute approximate surface area is 197 Å². The lowest BCUT2D eigenvalue weighted by atomic mass is 10.1. The van der Waals surface area contributed by atoms with Crippen molar-refractivity contribution in [2.45, 2.75) is 13.3 Å². The molecule has 0 fully saturated rings. The number of nitrogens with zero attached hydrogens (tertiary/aromatic N) is 4. The van der Waals surface area contributed by atoms with E-state index in [0.717, 1.165) is 22.4 Å². The number of ether oxygens (including phenoxy) is 1. The molecule has 0 radical (unpaired) electrons. The van der Waals surface area contributed by atoms with Crippen LogP contribution in [0.2, 0.25) is 0 Å². The highest BCUT2D eigenvalue weighted by atomic mass is 16.5. The average Bonchev–Trinajstić information content (AvgIpc) is 3.17. The molecule has 7 nitrogen and oxygen atoms in total. The van der Waals surface area contributed by atoms with Crippen molar-refractivity contribution < 1.29 is 14.3 Å². The first-order valence-electron chi connectivity index (χ1n) is 11.0. The largest absolute Gasteiger partial charge is 0.465 e. The summed E-state index contributed by atoms with van der Waals surface area (Å²) in [4.78, 5) is 31.7. The van der Waals surface area contributed by atoms with Crippen molar-refractivity contribution in [2.24, 2.45) is 7.05 Å². The highest BCUT2D eigenvalue weighted by molar-refractivity contribution is 6.08. The van der Waals surface area contributed by atoms with Crippen LogP contribution in [0, 0.1) is 11.3 Å². The van der Waals surface area contributed by atoms with Gasteiger partial charge in [0, 0.05) is 24.7 Å². The van der Waals surface area contributed by atoms with Gasteiger partial charge in [0.25, 0.3) is 5.91 Å². The summed E-state index contributed by atoms with van der Waals surface area (Å²) in [6.07, 6.45) is 0.599. The number of rotatable bonds is 7. The predicted molar refractivity (Wildman–Crippen MR) is 129 cm³/mol. The molecular weight excluding hydrogens is 428 g/mol. The molecule has 0 spiro atoms. The highest BCUT2D eigenvalue weighted by Crippen LogP contribution is 2.25. The summed E-state index contributed by atoms with van der Waals surface area (Å²) in [6.45, 7) is 1.78. The first-order valence-corrected chi connectivity index (χ1v) is 11.0. The molecule has 0 N–H and O–H groups in total. The van der Waals surface area contributed by atoms with Crippen LogP contribution in [0.25, 0.3) is 11.0 Å². The topological polar surface area (TPSA) is 88.2 Å². The van der Waals surface area contributed by atoms with Gasteiger partial charge in [-0.05, 0) is 55.0 Å². The van der Waals surface area contributed by atoms with Crippen LogP contribution in [0.5, 0.6) is 0 Å². The van der Waals surface area contributed by atoms with Crippen LogP contribution in [0.15, 0.2) is 72.8 Å². The second-order valence-corrected chi connectivity index (χ2v) is 7.81. The number of imidazole rings is 1. The maximum Gasteiger partial charge on any atom is 0.326 e. The third-order valence-electron chi connectivity index (χ3n) is 5.57. The normalized spacial score (nSPS) is 10.6. The number of aromatic nitrogens is 2. The molecule has 0 unspecified atom stereocenters. The predicted octanol–water partition coefficient (Wildman–Crippen LogP) is 4.25. The molecule has 1 amide bonds. The number of hydrogen-bond donors (Lipinski definition) is 0. The quantitative estimate of drug-likeness (QED) is 0.391. The zero-order valence-electron chi connectivity index (χ0n) is 19.1. The van der Waals surface area contributed by atoms with Crippen molar-refractivity contribution in [3.05, 3.63) is 95.3 Å². The van der Waals surface area contributed by atoms with E-state index in [1.807, 2.05) is 48.0 Å². The molecule has 0 atom stereocenters. The molecule has 0 bridgehead atoms. The Hall–Kier alpha value is -4.44. The van der Waals surface area contributed by atoms with Crippen molar-refractivity contribution in [2.75, 3.05) is 18.1 Å². The van der Waals surface area contributed by atoms with Gasteiger partial charge in [0.15, 0.2) is 0 Å². The fraction of sp³-hybridized carbons (Fsp3) is 0.185. The second-order valence-electron chi connectivity index (χ2n) is 7.81. The Balaban J connectivity index is 1.68. The van der Waals surface area contributed by atoms with Crippen LogP contribution in [0.3, 0.4) is 0 Å². The van der Waals surface area contributed by atoms with E-state index < -0.39 is 5.97 Å². The lowest BCUT2D eigenvalue weighted by molar-refractivity contribution is -0.141. The average molecular weight is 453 g/mol. The zero-order chi connectivity index (χ0) is 24.1. The van der Waals surface area contributed by atoms with Crippen LogP contribution < -0.4 is 4.90 Å². The lowest BCUT2D eigenvalue weighted by Crippen LogP contribution is -2.36. The van der Waals surface area contributed by atoms with Crippen LogP contribution in [-0.2, 0) is 23.0 Å². The SMILES string of the molecule is CCOC(=O)CN(C(=O)c1ccccc1)c1ccc2c(c1)nc(Cc1ccc(C#N)cc1)n2C. The van der Waals surface area contributed by atoms with Crippen molar-refractivity contribution in [1.29, 1.82) is 5.26 Å². The van der Waals surface area contributed by atoms with Crippen molar-refractivity contribution in [3.63, 3.8) is 0 Å². The van der Waals surface area contributed by atoms with E-state index in [-0.39, 0.29) is 19.1 Å². The van der Waals surface area contributed by atoms with E-state index in [4.69, 9.17) is 15.0 Å². The zero-order valence-corrected chi connectivity index (χ0v) is 19.1. The number of carbonyl (C=O) groups is 2. The number of benzene rings is 3. The molecule has 0 aliphatic heterocycles. The first kappa shape index (κ1) is 22.7. The van der Waals surface area contributed by atoms with Crippen LogP contribution in [-0.4, -0.2) is 34.6 Å². The minimum atomic E-state index is -0.477. The molecule has 0 saturated carbocycles. The Morgan fingerprint density at radius 2 is 1.79 bits per heavy atom. The third-order valence-corrected chi connectivity index (χ3v) is 5.57. The van der Waals surface area contributed by atoms with Gasteiger partial charge in [-0.25, -0.2) is 4.98 Å². The number of amides is 1. The maximum atomic E-state index is 13.3. The number of esters is 1. The summed E-state index contributed by atoms with van der Waals surface area (Å²) in [7, 11) is 1.94. The van der Waals surface area contributed by atoms with E-state index in [1.165, 1.54) is 4.90 Å². The van der Waals surface area contributed by atoms with Crippen LogP contribution >= 0.6 is 0 Å². The molecule has 1 aromatic heterocycles. The number of aryl methyl sites for hydroxylation is 1. The smallest absolute Gasteiger partial charge is 0.326 e. The summed E-state index contributed by atoms with van der Waals surface area (Å²) >= 11 is 0.